The summed E-state index contributed by atoms with van der Waals surface area (Å²) in [7, 11) is 0. The number of aromatic nitrogens is 3. The minimum Gasteiger partial charge on any atom is -0.320 e. The quantitative estimate of drug-likeness (QED) is 0.852. The summed E-state index contributed by atoms with van der Waals surface area (Å²) < 4.78 is 1.76. The summed E-state index contributed by atoms with van der Waals surface area (Å²) in [5, 5.41) is 7.08. The van der Waals surface area contributed by atoms with Gasteiger partial charge in [-0.15, -0.1) is 12.4 Å². The fourth-order valence-corrected chi connectivity index (χ4v) is 1.91. The van der Waals surface area contributed by atoms with Gasteiger partial charge in [0.1, 0.15) is 0 Å². The zero-order valence-electron chi connectivity index (χ0n) is 12.8. The van der Waals surface area contributed by atoms with E-state index < -0.39 is 6.04 Å². The Bertz CT molecular complexity index is 587. The van der Waals surface area contributed by atoms with Gasteiger partial charge < -0.3 is 11.1 Å². The predicted molar refractivity (Wildman–Crippen MR) is 88.9 cm³/mol. The van der Waals surface area contributed by atoms with E-state index in [-0.39, 0.29) is 24.2 Å². The molecule has 2 atom stereocenters. The molecule has 3 N–H and O–H groups in total. The first-order valence-corrected chi connectivity index (χ1v) is 7.09. The van der Waals surface area contributed by atoms with E-state index in [9.17, 15) is 4.79 Å². The van der Waals surface area contributed by atoms with Gasteiger partial charge in [0.25, 0.3) is 0 Å². The van der Waals surface area contributed by atoms with E-state index in [2.05, 4.69) is 15.4 Å². The maximum atomic E-state index is 12.0. The topological polar surface area (TPSA) is 85.8 Å². The number of carbonyl (C=O) groups is 1. The highest BCUT2D eigenvalue weighted by molar-refractivity contribution is 5.94. The molecule has 0 saturated carbocycles. The van der Waals surface area contributed by atoms with Crippen LogP contribution < -0.4 is 11.1 Å². The molecule has 2 aromatic rings. The van der Waals surface area contributed by atoms with Gasteiger partial charge in [-0.3, -0.25) is 14.5 Å². The third-order valence-electron chi connectivity index (χ3n) is 3.55. The summed E-state index contributed by atoms with van der Waals surface area (Å²) >= 11 is 0. The fraction of sp³-hybridized carbons (Fsp3) is 0.400. The van der Waals surface area contributed by atoms with Gasteiger partial charge in [-0.05, 0) is 23.6 Å². The molecule has 2 aromatic heterocycles. The van der Waals surface area contributed by atoms with Gasteiger partial charge in [-0.1, -0.05) is 20.3 Å². The van der Waals surface area contributed by atoms with Crippen LogP contribution >= 0.6 is 12.4 Å². The summed E-state index contributed by atoms with van der Waals surface area (Å²) in [6.07, 6.45) is 6.18. The van der Waals surface area contributed by atoms with Crippen LogP contribution in [0.4, 0.5) is 5.82 Å². The first kappa shape index (κ1) is 18.1. The number of anilines is 1. The van der Waals surface area contributed by atoms with Crippen molar-refractivity contribution in [1.29, 1.82) is 0 Å². The van der Waals surface area contributed by atoms with Crippen LogP contribution in [0.2, 0.25) is 0 Å². The number of halogens is 1. The molecule has 0 fully saturated rings. The molecule has 2 rings (SSSR count). The Morgan fingerprint density at radius 3 is 2.68 bits per heavy atom. The van der Waals surface area contributed by atoms with Gasteiger partial charge in [-0.2, -0.15) is 5.10 Å². The molecule has 0 aromatic carbocycles. The number of amides is 1. The number of nitrogens with two attached hydrogens (primary N) is 1. The molecule has 0 bridgehead atoms. The molecule has 120 valence electrons. The van der Waals surface area contributed by atoms with Crippen LogP contribution in [0, 0.1) is 5.92 Å². The van der Waals surface area contributed by atoms with Crippen LogP contribution in [0.25, 0.3) is 0 Å². The number of hydrogen-bond donors (Lipinski definition) is 2. The molecule has 0 aliphatic rings. The molecule has 2 unspecified atom stereocenters. The van der Waals surface area contributed by atoms with Crippen molar-refractivity contribution in [3.05, 3.63) is 42.4 Å². The average Bonchev–Trinajstić information content (AvgIpc) is 2.93. The molecule has 0 saturated heterocycles. The number of pyridine rings is 1. The van der Waals surface area contributed by atoms with E-state index in [1.165, 1.54) is 0 Å². The van der Waals surface area contributed by atoms with Gasteiger partial charge in [0.2, 0.25) is 5.91 Å². The lowest BCUT2D eigenvalue weighted by molar-refractivity contribution is -0.118. The highest BCUT2D eigenvalue weighted by Crippen LogP contribution is 2.10. The number of carbonyl (C=O) groups excluding carboxylic acids is 1. The van der Waals surface area contributed by atoms with Crippen LogP contribution in [-0.2, 0) is 11.3 Å². The van der Waals surface area contributed by atoms with Crippen LogP contribution in [0.1, 0.15) is 25.8 Å². The summed E-state index contributed by atoms with van der Waals surface area (Å²) in [4.78, 5) is 16.0. The Hall–Kier alpha value is -1.92. The summed E-state index contributed by atoms with van der Waals surface area (Å²) in [5.74, 6) is 0.468. The second kappa shape index (κ2) is 8.51. The van der Waals surface area contributed by atoms with Gasteiger partial charge in [0.15, 0.2) is 5.82 Å². The van der Waals surface area contributed by atoms with E-state index in [4.69, 9.17) is 5.73 Å². The Labute approximate surface area is 136 Å². The molecule has 0 radical (unpaired) electrons. The monoisotopic (exact) mass is 323 g/mol. The Morgan fingerprint density at radius 2 is 2.05 bits per heavy atom. The number of nitrogens with one attached hydrogen (secondary N) is 1. The minimum atomic E-state index is -0.514. The number of rotatable bonds is 6. The molecule has 0 spiro atoms. The van der Waals surface area contributed by atoms with Gasteiger partial charge in [0.05, 0.1) is 12.6 Å². The van der Waals surface area contributed by atoms with E-state index in [0.29, 0.717) is 12.4 Å². The van der Waals surface area contributed by atoms with Gasteiger partial charge in [-0.25, -0.2) is 0 Å². The Kier molecular flexibility index (Phi) is 7.01. The van der Waals surface area contributed by atoms with Crippen LogP contribution in [0.15, 0.2) is 36.8 Å². The van der Waals surface area contributed by atoms with Crippen molar-refractivity contribution in [2.75, 3.05) is 5.32 Å². The maximum absolute atomic E-state index is 12.0. The smallest absolute Gasteiger partial charge is 0.242 e. The summed E-state index contributed by atoms with van der Waals surface area (Å²) in [5.41, 5.74) is 7.00. The van der Waals surface area contributed by atoms with Crippen LogP contribution in [0.3, 0.4) is 0 Å². The van der Waals surface area contributed by atoms with Crippen molar-refractivity contribution in [3.63, 3.8) is 0 Å². The average molecular weight is 324 g/mol. The van der Waals surface area contributed by atoms with Crippen molar-refractivity contribution >= 4 is 24.1 Å². The fourth-order valence-electron chi connectivity index (χ4n) is 1.91. The Balaban J connectivity index is 0.00000242. The lowest BCUT2D eigenvalue weighted by atomic mass is 9.99. The first-order chi connectivity index (χ1) is 10.1. The molecule has 2 heterocycles. The first-order valence-electron chi connectivity index (χ1n) is 7.09. The van der Waals surface area contributed by atoms with E-state index in [1.54, 1.807) is 23.1 Å². The van der Waals surface area contributed by atoms with Gasteiger partial charge in [0, 0.05) is 24.7 Å². The standard InChI is InChI=1S/C15H21N5O.ClH/c1-3-11(2)14(16)15(21)18-13-6-9-20(19-13)10-12-4-7-17-8-5-12;/h4-9,11,14H,3,10,16H2,1-2H3,(H,18,19,21);1H. The number of hydrogen-bond acceptors (Lipinski definition) is 4. The van der Waals surface area contributed by atoms with Crippen molar-refractivity contribution in [2.24, 2.45) is 11.7 Å². The third kappa shape index (κ3) is 4.82. The number of nitrogens with zero attached hydrogens (tertiary/aromatic N) is 3. The molecular formula is C15H22ClN5O. The van der Waals surface area contributed by atoms with Crippen molar-refractivity contribution in [1.82, 2.24) is 14.8 Å². The van der Waals surface area contributed by atoms with E-state index >= 15 is 0 Å². The molecule has 22 heavy (non-hydrogen) atoms. The maximum Gasteiger partial charge on any atom is 0.242 e. The predicted octanol–water partition coefficient (Wildman–Crippen LogP) is 2.06. The third-order valence-corrected chi connectivity index (χ3v) is 3.55. The Morgan fingerprint density at radius 1 is 1.36 bits per heavy atom. The van der Waals surface area contributed by atoms with Gasteiger partial charge >= 0.3 is 0 Å². The highest BCUT2D eigenvalue weighted by Gasteiger charge is 2.19. The lowest BCUT2D eigenvalue weighted by Crippen LogP contribution is -2.40. The lowest BCUT2D eigenvalue weighted by Gasteiger charge is -2.16. The molecule has 1 amide bonds. The SMILES string of the molecule is CCC(C)C(N)C(=O)Nc1ccn(Cc2ccncc2)n1.Cl. The highest BCUT2D eigenvalue weighted by atomic mass is 35.5. The second-order valence-electron chi connectivity index (χ2n) is 5.15. The van der Waals surface area contributed by atoms with Crippen LogP contribution in [-0.4, -0.2) is 26.7 Å². The largest absolute Gasteiger partial charge is 0.320 e. The van der Waals surface area contributed by atoms with Crippen molar-refractivity contribution in [2.45, 2.75) is 32.9 Å². The molecule has 0 aliphatic carbocycles. The zero-order valence-corrected chi connectivity index (χ0v) is 13.6. The molecule has 7 heteroatoms. The molecule has 6 nitrogen and oxygen atoms in total. The molecule has 0 aliphatic heterocycles. The minimum absolute atomic E-state index is 0. The second-order valence-corrected chi connectivity index (χ2v) is 5.15. The summed E-state index contributed by atoms with van der Waals surface area (Å²) in [6, 6.07) is 5.11. The van der Waals surface area contributed by atoms with E-state index in [1.807, 2.05) is 32.2 Å². The zero-order chi connectivity index (χ0) is 15.2. The van der Waals surface area contributed by atoms with Crippen molar-refractivity contribution in [3.8, 4) is 0 Å². The normalized spacial score (nSPS) is 13.0. The van der Waals surface area contributed by atoms with E-state index in [0.717, 1.165) is 12.0 Å². The van der Waals surface area contributed by atoms with Crippen LogP contribution in [0.5, 0.6) is 0 Å². The summed E-state index contributed by atoms with van der Waals surface area (Å²) in [6.45, 7) is 4.61. The van der Waals surface area contributed by atoms with Crippen molar-refractivity contribution < 1.29 is 4.79 Å². The molecular weight excluding hydrogens is 302 g/mol.